The normalized spacial score (nSPS) is 22.2. The van der Waals surface area contributed by atoms with Crippen LogP contribution in [0.5, 0.6) is 5.75 Å². The standard InChI is InChI=1S/C19H21ClN4O2/c20-15-3-1-4-17(9-15)26-13-18(25)24-11-14-5-6-16(24)12-23(10-14)19-21-7-2-8-22-19/h1-4,7-9,14,16H,5-6,10-13H2/t14-,16+/m0/s1. The number of ether oxygens (including phenoxy) is 1. The predicted octanol–water partition coefficient (Wildman–Crippen LogP) is 2.64. The zero-order valence-electron chi connectivity index (χ0n) is 14.4. The first-order chi connectivity index (χ1) is 12.7. The van der Waals surface area contributed by atoms with Crippen molar-refractivity contribution in [2.45, 2.75) is 18.9 Å². The molecule has 2 bridgehead atoms. The lowest BCUT2D eigenvalue weighted by Gasteiger charge is -2.36. The maximum absolute atomic E-state index is 12.8. The number of halogens is 1. The Hall–Kier alpha value is -2.34. The van der Waals surface area contributed by atoms with Crippen LogP contribution in [0.15, 0.2) is 42.7 Å². The van der Waals surface area contributed by atoms with Crippen molar-refractivity contribution in [1.29, 1.82) is 0 Å². The fourth-order valence-electron chi connectivity index (χ4n) is 3.79. The molecule has 3 aliphatic heterocycles. The molecule has 0 spiro atoms. The van der Waals surface area contributed by atoms with Crippen LogP contribution in [0, 0.1) is 5.92 Å². The van der Waals surface area contributed by atoms with Crippen LogP contribution in [0.2, 0.25) is 5.02 Å². The molecule has 0 aliphatic carbocycles. The third kappa shape index (κ3) is 3.75. The van der Waals surface area contributed by atoms with Crippen LogP contribution in [0.1, 0.15) is 12.8 Å². The number of benzene rings is 1. The summed E-state index contributed by atoms with van der Waals surface area (Å²) in [4.78, 5) is 25.7. The molecule has 0 radical (unpaired) electrons. The summed E-state index contributed by atoms with van der Waals surface area (Å²) in [7, 11) is 0. The summed E-state index contributed by atoms with van der Waals surface area (Å²) >= 11 is 5.96. The lowest BCUT2D eigenvalue weighted by Crippen LogP contribution is -2.49. The summed E-state index contributed by atoms with van der Waals surface area (Å²) in [6, 6.07) is 9.12. The number of nitrogens with zero attached hydrogens (tertiary/aromatic N) is 4. The molecule has 136 valence electrons. The van der Waals surface area contributed by atoms with Crippen LogP contribution in [0.3, 0.4) is 0 Å². The summed E-state index contributed by atoms with van der Waals surface area (Å²) in [5.41, 5.74) is 0. The number of anilines is 1. The molecule has 1 aromatic heterocycles. The molecule has 0 unspecified atom stereocenters. The molecule has 0 N–H and O–H groups in total. The highest BCUT2D eigenvalue weighted by atomic mass is 35.5. The van der Waals surface area contributed by atoms with Gasteiger partial charge in [0.2, 0.25) is 5.95 Å². The number of piperidine rings is 1. The van der Waals surface area contributed by atoms with Gasteiger partial charge in [-0.3, -0.25) is 4.79 Å². The monoisotopic (exact) mass is 372 g/mol. The second-order valence-corrected chi connectivity index (χ2v) is 7.28. The fourth-order valence-corrected chi connectivity index (χ4v) is 3.97. The SMILES string of the molecule is O=C(COc1cccc(Cl)c1)N1C[C@H]2CC[C@@H]1CN(c1ncccn1)C2. The molecular formula is C19H21ClN4O2. The molecule has 5 rings (SSSR count). The van der Waals surface area contributed by atoms with Crippen molar-refractivity contribution in [3.05, 3.63) is 47.7 Å². The molecule has 26 heavy (non-hydrogen) atoms. The highest BCUT2D eigenvalue weighted by molar-refractivity contribution is 6.30. The quantitative estimate of drug-likeness (QED) is 0.825. The van der Waals surface area contributed by atoms with E-state index in [0.717, 1.165) is 38.4 Å². The van der Waals surface area contributed by atoms with Crippen LogP contribution in [0.4, 0.5) is 5.95 Å². The van der Waals surface area contributed by atoms with E-state index < -0.39 is 0 Å². The molecule has 1 amide bonds. The number of carbonyl (C=O) groups is 1. The molecule has 3 saturated heterocycles. The number of amides is 1. The number of hydrogen-bond acceptors (Lipinski definition) is 5. The van der Waals surface area contributed by atoms with Gasteiger partial charge < -0.3 is 14.5 Å². The Morgan fingerprint density at radius 3 is 2.81 bits per heavy atom. The molecule has 2 aromatic rings. The van der Waals surface area contributed by atoms with E-state index in [1.54, 1.807) is 24.5 Å². The Balaban J connectivity index is 1.42. The van der Waals surface area contributed by atoms with Crippen LogP contribution in [-0.2, 0) is 4.79 Å². The average molecular weight is 373 g/mol. The van der Waals surface area contributed by atoms with E-state index in [1.807, 2.05) is 23.1 Å². The van der Waals surface area contributed by atoms with Crippen LogP contribution in [0.25, 0.3) is 0 Å². The van der Waals surface area contributed by atoms with Crippen molar-refractivity contribution < 1.29 is 9.53 Å². The number of fused-ring (bicyclic) bond motifs is 4. The van der Waals surface area contributed by atoms with Crippen molar-refractivity contribution in [2.75, 3.05) is 31.1 Å². The van der Waals surface area contributed by atoms with Gasteiger partial charge in [-0.15, -0.1) is 0 Å². The highest BCUT2D eigenvalue weighted by Crippen LogP contribution is 2.29. The van der Waals surface area contributed by atoms with Gasteiger partial charge >= 0.3 is 0 Å². The molecule has 4 heterocycles. The van der Waals surface area contributed by atoms with Gasteiger partial charge in [-0.1, -0.05) is 17.7 Å². The molecule has 7 heteroatoms. The molecule has 3 fully saturated rings. The van der Waals surface area contributed by atoms with Crippen molar-refractivity contribution in [2.24, 2.45) is 5.92 Å². The first kappa shape index (κ1) is 17.1. The smallest absolute Gasteiger partial charge is 0.260 e. The van der Waals surface area contributed by atoms with Crippen molar-refractivity contribution in [1.82, 2.24) is 14.9 Å². The number of hydrogen-bond donors (Lipinski definition) is 0. The van der Waals surface area contributed by atoms with E-state index in [2.05, 4.69) is 14.9 Å². The van der Waals surface area contributed by atoms with Gasteiger partial charge in [0.15, 0.2) is 6.61 Å². The average Bonchev–Trinajstić information content (AvgIpc) is 2.99. The van der Waals surface area contributed by atoms with E-state index in [1.165, 1.54) is 0 Å². The predicted molar refractivity (Wildman–Crippen MR) is 99.4 cm³/mol. The minimum atomic E-state index is 0.0236. The Morgan fingerprint density at radius 1 is 1.15 bits per heavy atom. The van der Waals surface area contributed by atoms with Crippen molar-refractivity contribution in [3.63, 3.8) is 0 Å². The van der Waals surface area contributed by atoms with Crippen LogP contribution < -0.4 is 9.64 Å². The lowest BCUT2D eigenvalue weighted by molar-refractivity contribution is -0.137. The summed E-state index contributed by atoms with van der Waals surface area (Å²) in [5.74, 6) is 1.82. The lowest BCUT2D eigenvalue weighted by atomic mass is 9.95. The van der Waals surface area contributed by atoms with Gasteiger partial charge in [0.05, 0.1) is 0 Å². The summed E-state index contributed by atoms with van der Waals surface area (Å²) in [6.07, 6.45) is 5.66. The fraction of sp³-hybridized carbons (Fsp3) is 0.421. The van der Waals surface area contributed by atoms with E-state index in [-0.39, 0.29) is 18.6 Å². The molecule has 0 saturated carbocycles. The summed E-state index contributed by atoms with van der Waals surface area (Å²) < 4.78 is 5.65. The summed E-state index contributed by atoms with van der Waals surface area (Å²) in [5, 5.41) is 0.599. The van der Waals surface area contributed by atoms with Crippen LogP contribution >= 0.6 is 11.6 Å². The second-order valence-electron chi connectivity index (χ2n) is 6.84. The summed E-state index contributed by atoms with van der Waals surface area (Å²) in [6.45, 7) is 2.46. The second kappa shape index (κ2) is 7.50. The number of aromatic nitrogens is 2. The maximum Gasteiger partial charge on any atom is 0.260 e. The highest BCUT2D eigenvalue weighted by Gasteiger charge is 2.37. The van der Waals surface area contributed by atoms with Gasteiger partial charge in [-0.25, -0.2) is 9.97 Å². The van der Waals surface area contributed by atoms with Gasteiger partial charge in [0, 0.05) is 43.1 Å². The Labute approximate surface area is 157 Å². The number of rotatable bonds is 4. The Bertz CT molecular complexity index is 773. The number of carbonyl (C=O) groups excluding carboxylic acids is 1. The van der Waals surface area contributed by atoms with E-state index in [0.29, 0.717) is 16.7 Å². The maximum atomic E-state index is 12.8. The first-order valence-electron chi connectivity index (χ1n) is 8.89. The molecule has 2 atom stereocenters. The largest absolute Gasteiger partial charge is 0.484 e. The minimum absolute atomic E-state index is 0.0236. The van der Waals surface area contributed by atoms with Crippen molar-refractivity contribution in [3.8, 4) is 5.75 Å². The third-order valence-corrected chi connectivity index (χ3v) is 5.26. The van der Waals surface area contributed by atoms with Crippen LogP contribution in [-0.4, -0.2) is 53.1 Å². The first-order valence-corrected chi connectivity index (χ1v) is 9.26. The van der Waals surface area contributed by atoms with E-state index >= 15 is 0 Å². The van der Waals surface area contributed by atoms with E-state index in [9.17, 15) is 4.79 Å². The van der Waals surface area contributed by atoms with Gasteiger partial charge in [-0.05, 0) is 43.0 Å². The minimum Gasteiger partial charge on any atom is -0.484 e. The Kier molecular flexibility index (Phi) is 4.93. The zero-order valence-corrected chi connectivity index (χ0v) is 15.2. The molecule has 6 nitrogen and oxygen atoms in total. The van der Waals surface area contributed by atoms with Gasteiger partial charge in [-0.2, -0.15) is 0 Å². The van der Waals surface area contributed by atoms with Gasteiger partial charge in [0.1, 0.15) is 5.75 Å². The molecular weight excluding hydrogens is 352 g/mol. The Morgan fingerprint density at radius 2 is 2.00 bits per heavy atom. The molecule has 3 aliphatic rings. The van der Waals surface area contributed by atoms with Crippen molar-refractivity contribution >= 4 is 23.5 Å². The zero-order chi connectivity index (χ0) is 17.9. The topological polar surface area (TPSA) is 58.6 Å². The third-order valence-electron chi connectivity index (χ3n) is 5.03. The van der Waals surface area contributed by atoms with E-state index in [4.69, 9.17) is 16.3 Å². The van der Waals surface area contributed by atoms with Gasteiger partial charge in [0.25, 0.3) is 5.91 Å². The molecule has 1 aromatic carbocycles.